The van der Waals surface area contributed by atoms with Gasteiger partial charge in [-0.05, 0) is 67.8 Å². The molecule has 2 aliphatic heterocycles. The predicted octanol–water partition coefficient (Wildman–Crippen LogP) is 2.42. The molecule has 1 fully saturated rings. The maximum atomic E-state index is 12.7. The van der Waals surface area contributed by atoms with E-state index < -0.39 is 6.10 Å². The minimum absolute atomic E-state index is 0.137. The van der Waals surface area contributed by atoms with Gasteiger partial charge in [0.1, 0.15) is 0 Å². The lowest BCUT2D eigenvalue weighted by atomic mass is 9.91. The van der Waals surface area contributed by atoms with Crippen molar-refractivity contribution < 1.29 is 14.7 Å². The zero-order valence-electron chi connectivity index (χ0n) is 20.1. The minimum atomic E-state index is -0.623. The number of hydrogen-bond donors (Lipinski definition) is 2. The van der Waals surface area contributed by atoms with Crippen LogP contribution in [0.15, 0.2) is 42.6 Å². The number of nitrogens with zero attached hydrogens (tertiary/aromatic N) is 3. The number of nitrogens with one attached hydrogen (secondary N) is 1. The van der Waals surface area contributed by atoms with Gasteiger partial charge in [-0.2, -0.15) is 0 Å². The fourth-order valence-electron chi connectivity index (χ4n) is 5.08. The molecule has 0 unspecified atom stereocenters. The van der Waals surface area contributed by atoms with Crippen molar-refractivity contribution in [1.82, 2.24) is 20.1 Å². The largest absolute Gasteiger partial charge is 0.390 e. The van der Waals surface area contributed by atoms with Gasteiger partial charge < -0.3 is 15.3 Å². The van der Waals surface area contributed by atoms with Gasteiger partial charge in [-0.3, -0.25) is 19.5 Å². The van der Waals surface area contributed by atoms with Crippen molar-refractivity contribution in [3.63, 3.8) is 0 Å². The third-order valence-electron chi connectivity index (χ3n) is 7.04. The van der Waals surface area contributed by atoms with Crippen LogP contribution in [0.2, 0.25) is 0 Å². The summed E-state index contributed by atoms with van der Waals surface area (Å²) >= 11 is 0. The normalized spacial score (nSPS) is 18.1. The van der Waals surface area contributed by atoms with Crippen LogP contribution >= 0.6 is 0 Å². The van der Waals surface area contributed by atoms with E-state index in [1.165, 1.54) is 11.1 Å². The Hall–Kier alpha value is -2.77. The molecule has 1 aromatic heterocycles. The van der Waals surface area contributed by atoms with E-state index in [4.69, 9.17) is 0 Å². The number of aromatic nitrogens is 1. The third kappa shape index (κ3) is 6.64. The first-order valence-electron chi connectivity index (χ1n) is 12.4. The van der Waals surface area contributed by atoms with Crippen LogP contribution < -0.4 is 5.32 Å². The number of piperidine rings is 1. The fraction of sp³-hybridized carbons (Fsp3) is 0.519. The number of hydrogen-bond acceptors (Lipinski definition) is 5. The van der Waals surface area contributed by atoms with Gasteiger partial charge in [-0.25, -0.2) is 0 Å². The van der Waals surface area contributed by atoms with Crippen molar-refractivity contribution in [2.45, 2.75) is 51.7 Å². The van der Waals surface area contributed by atoms with Gasteiger partial charge in [0.05, 0.1) is 6.10 Å². The SMILES string of the molecule is CC(=O)N1CCC(Cc2cc(C(=O)NC[C@H](O)CN3CCCc4ccccc4C3)ccn2)CC1. The van der Waals surface area contributed by atoms with Crippen LogP contribution in [0.1, 0.15) is 53.4 Å². The number of carbonyl (C=O) groups excluding carboxylic acids is 2. The molecule has 7 nitrogen and oxygen atoms in total. The minimum Gasteiger partial charge on any atom is -0.390 e. The topological polar surface area (TPSA) is 85.8 Å². The van der Waals surface area contributed by atoms with Crippen LogP contribution in [-0.4, -0.2) is 70.5 Å². The monoisotopic (exact) mass is 464 g/mol. The summed E-state index contributed by atoms with van der Waals surface area (Å²) in [5.41, 5.74) is 4.19. The number of carbonyl (C=O) groups is 2. The van der Waals surface area contributed by atoms with E-state index in [0.29, 0.717) is 18.0 Å². The number of fused-ring (bicyclic) bond motifs is 1. The van der Waals surface area contributed by atoms with Crippen molar-refractivity contribution in [2.75, 3.05) is 32.7 Å². The number of benzene rings is 1. The highest BCUT2D eigenvalue weighted by atomic mass is 16.3. The van der Waals surface area contributed by atoms with E-state index >= 15 is 0 Å². The van der Waals surface area contributed by atoms with Crippen LogP contribution in [-0.2, 0) is 24.2 Å². The molecule has 0 bridgehead atoms. The highest BCUT2D eigenvalue weighted by Gasteiger charge is 2.22. The van der Waals surface area contributed by atoms with Gasteiger partial charge in [0.15, 0.2) is 0 Å². The molecule has 2 aromatic rings. The number of aliphatic hydroxyl groups excluding tert-OH is 1. The maximum absolute atomic E-state index is 12.7. The lowest BCUT2D eigenvalue weighted by molar-refractivity contribution is -0.130. The quantitative estimate of drug-likeness (QED) is 0.657. The first-order chi connectivity index (χ1) is 16.5. The zero-order valence-corrected chi connectivity index (χ0v) is 20.1. The summed E-state index contributed by atoms with van der Waals surface area (Å²) in [5.74, 6) is 0.426. The lowest BCUT2D eigenvalue weighted by Crippen LogP contribution is -2.40. The van der Waals surface area contributed by atoms with Crippen LogP contribution in [0.5, 0.6) is 0 Å². The lowest BCUT2D eigenvalue weighted by Gasteiger charge is -2.31. The Morgan fingerprint density at radius 3 is 2.68 bits per heavy atom. The van der Waals surface area contributed by atoms with Crippen LogP contribution in [0.25, 0.3) is 0 Å². The Kier molecular flexibility index (Phi) is 8.29. The number of amides is 2. The Morgan fingerprint density at radius 1 is 1.15 bits per heavy atom. The van der Waals surface area contributed by atoms with Crippen LogP contribution in [0, 0.1) is 5.92 Å². The van der Waals surface area contributed by atoms with Gasteiger partial charge in [0.25, 0.3) is 5.91 Å². The number of β-amino-alcohol motifs (C(OH)–C–C–N with tert-alkyl or cyclic N) is 1. The van der Waals surface area contributed by atoms with Gasteiger partial charge >= 0.3 is 0 Å². The Bertz CT molecular complexity index is 987. The van der Waals surface area contributed by atoms with Crippen molar-refractivity contribution in [2.24, 2.45) is 5.92 Å². The van der Waals surface area contributed by atoms with E-state index in [0.717, 1.165) is 64.0 Å². The van der Waals surface area contributed by atoms with Gasteiger partial charge in [0, 0.05) is 57.1 Å². The molecular weight excluding hydrogens is 428 g/mol. The Morgan fingerprint density at radius 2 is 1.91 bits per heavy atom. The number of likely N-dealkylation sites (tertiary alicyclic amines) is 1. The van der Waals surface area contributed by atoms with Gasteiger partial charge in [-0.15, -0.1) is 0 Å². The van der Waals surface area contributed by atoms with Gasteiger partial charge in [-0.1, -0.05) is 24.3 Å². The number of rotatable bonds is 7. The molecule has 1 saturated heterocycles. The summed E-state index contributed by atoms with van der Waals surface area (Å²) in [6, 6.07) is 12.1. The fourth-order valence-corrected chi connectivity index (χ4v) is 5.08. The molecule has 3 heterocycles. The van der Waals surface area contributed by atoms with E-state index in [1.807, 2.05) is 11.0 Å². The standard InChI is InChI=1S/C27H36N4O3/c1-20(32)31-13-9-21(10-14-31)15-25-16-23(8-11-28-25)27(34)29-17-26(33)19-30-12-4-7-22-5-2-3-6-24(22)18-30/h2-3,5-6,8,11,16,21,26,33H,4,7,9-10,12-15,17-19H2,1H3,(H,29,34)/t26-/m0/s1. The highest BCUT2D eigenvalue weighted by molar-refractivity contribution is 5.94. The number of aliphatic hydroxyl groups is 1. The molecule has 182 valence electrons. The first-order valence-corrected chi connectivity index (χ1v) is 12.4. The second-order valence-electron chi connectivity index (χ2n) is 9.66. The van der Waals surface area contributed by atoms with Crippen molar-refractivity contribution in [3.05, 3.63) is 65.0 Å². The summed E-state index contributed by atoms with van der Waals surface area (Å²) in [7, 11) is 0. The molecule has 4 rings (SSSR count). The number of pyridine rings is 1. The molecule has 0 aliphatic carbocycles. The van der Waals surface area contributed by atoms with Crippen LogP contribution in [0.3, 0.4) is 0 Å². The first kappa shape index (κ1) is 24.4. The predicted molar refractivity (Wildman–Crippen MR) is 131 cm³/mol. The summed E-state index contributed by atoms with van der Waals surface area (Å²) in [6.45, 7) is 5.74. The van der Waals surface area contributed by atoms with Crippen molar-refractivity contribution in [1.29, 1.82) is 0 Å². The molecule has 2 aliphatic rings. The summed E-state index contributed by atoms with van der Waals surface area (Å²) in [4.78, 5) is 32.8. The van der Waals surface area contributed by atoms with E-state index in [1.54, 1.807) is 19.2 Å². The van der Waals surface area contributed by atoms with Gasteiger partial charge in [0.2, 0.25) is 5.91 Å². The highest BCUT2D eigenvalue weighted by Crippen LogP contribution is 2.21. The summed E-state index contributed by atoms with van der Waals surface area (Å²) < 4.78 is 0. The summed E-state index contributed by atoms with van der Waals surface area (Å²) in [5, 5.41) is 13.5. The third-order valence-corrected chi connectivity index (χ3v) is 7.04. The molecule has 1 atom stereocenters. The maximum Gasteiger partial charge on any atom is 0.251 e. The average Bonchev–Trinajstić information content (AvgIpc) is 3.04. The Labute approximate surface area is 202 Å². The Balaban J connectivity index is 1.24. The van der Waals surface area contributed by atoms with Crippen LogP contribution in [0.4, 0.5) is 0 Å². The van der Waals surface area contributed by atoms with Crippen molar-refractivity contribution in [3.8, 4) is 0 Å². The molecule has 2 N–H and O–H groups in total. The molecule has 1 aromatic carbocycles. The molecule has 7 heteroatoms. The molecule has 0 saturated carbocycles. The molecule has 0 radical (unpaired) electrons. The molecule has 0 spiro atoms. The zero-order chi connectivity index (χ0) is 23.9. The van der Waals surface area contributed by atoms with E-state index in [9.17, 15) is 14.7 Å². The smallest absolute Gasteiger partial charge is 0.251 e. The molecular formula is C27H36N4O3. The average molecular weight is 465 g/mol. The second-order valence-corrected chi connectivity index (χ2v) is 9.66. The molecule has 34 heavy (non-hydrogen) atoms. The number of aryl methyl sites for hydroxylation is 1. The summed E-state index contributed by atoms with van der Waals surface area (Å²) in [6.07, 6.45) is 5.94. The second kappa shape index (κ2) is 11.6. The van der Waals surface area contributed by atoms with E-state index in [-0.39, 0.29) is 18.4 Å². The van der Waals surface area contributed by atoms with E-state index in [2.05, 4.69) is 39.5 Å². The molecule has 2 amide bonds. The van der Waals surface area contributed by atoms with Crippen molar-refractivity contribution >= 4 is 11.8 Å².